The molecular formula is C14H28O2. The highest BCUT2D eigenvalue weighted by Gasteiger charge is 2.51. The summed E-state index contributed by atoms with van der Waals surface area (Å²) in [6, 6.07) is 0. The fourth-order valence-electron chi connectivity index (χ4n) is 2.99. The Balaban J connectivity index is 2.82. The van der Waals surface area contributed by atoms with Gasteiger partial charge in [-0.05, 0) is 30.1 Å². The second kappa shape index (κ2) is 4.30. The van der Waals surface area contributed by atoms with Gasteiger partial charge in [-0.1, -0.05) is 48.5 Å². The van der Waals surface area contributed by atoms with Crippen LogP contribution in [0.25, 0.3) is 0 Å². The van der Waals surface area contributed by atoms with Crippen LogP contribution in [0.4, 0.5) is 0 Å². The van der Waals surface area contributed by atoms with E-state index in [2.05, 4.69) is 48.5 Å². The number of rotatable bonds is 4. The minimum absolute atomic E-state index is 0.0240. The van der Waals surface area contributed by atoms with Crippen molar-refractivity contribution in [1.29, 1.82) is 0 Å². The first kappa shape index (κ1) is 14.0. The van der Waals surface area contributed by atoms with E-state index in [-0.39, 0.29) is 11.7 Å². The summed E-state index contributed by atoms with van der Waals surface area (Å²) < 4.78 is 0. The lowest BCUT2D eigenvalue weighted by molar-refractivity contribution is 0.0652. The van der Waals surface area contributed by atoms with E-state index in [4.69, 9.17) is 9.78 Å². The maximum atomic E-state index is 5.16. The van der Waals surface area contributed by atoms with Crippen molar-refractivity contribution in [3.05, 3.63) is 0 Å². The average Bonchev–Trinajstić information content (AvgIpc) is 2.78. The fraction of sp³-hybridized carbons (Fsp3) is 1.00. The van der Waals surface area contributed by atoms with Crippen molar-refractivity contribution in [1.82, 2.24) is 0 Å². The maximum absolute atomic E-state index is 5.16. The zero-order chi connectivity index (χ0) is 12.6. The quantitative estimate of drug-likeness (QED) is 0.521. The van der Waals surface area contributed by atoms with Gasteiger partial charge in [0.1, 0.15) is 0 Å². The molecule has 0 N–H and O–H groups in total. The zero-order valence-corrected chi connectivity index (χ0v) is 12.0. The molecular weight excluding hydrogens is 200 g/mol. The van der Waals surface area contributed by atoms with Crippen molar-refractivity contribution in [3.8, 4) is 0 Å². The molecule has 0 bridgehead atoms. The SMILES string of the molecule is CCC(CC(C)(C)C)(CC(C)(C)C)C1OO1. The first-order valence-electron chi connectivity index (χ1n) is 6.40. The van der Waals surface area contributed by atoms with Crippen LogP contribution in [0.2, 0.25) is 0 Å². The van der Waals surface area contributed by atoms with E-state index < -0.39 is 0 Å². The van der Waals surface area contributed by atoms with Crippen molar-refractivity contribution in [2.24, 2.45) is 16.2 Å². The molecule has 0 aliphatic carbocycles. The molecule has 0 radical (unpaired) electrons. The molecule has 96 valence electrons. The standard InChI is InChI=1S/C14H28O2/c1-8-14(11-15-16-11,9-12(2,3)4)10-13(5,6)7/h11H,8-10H2,1-7H3. The molecule has 0 spiro atoms. The molecule has 0 unspecified atom stereocenters. The molecule has 1 aliphatic rings. The molecule has 0 atom stereocenters. The Bertz CT molecular complexity index is 212. The van der Waals surface area contributed by atoms with Gasteiger partial charge in [0.15, 0.2) is 0 Å². The van der Waals surface area contributed by atoms with Crippen LogP contribution in [-0.4, -0.2) is 6.29 Å². The minimum Gasteiger partial charge on any atom is -0.198 e. The van der Waals surface area contributed by atoms with E-state index in [1.54, 1.807) is 0 Å². The van der Waals surface area contributed by atoms with Crippen molar-refractivity contribution in [2.45, 2.75) is 74.0 Å². The minimum atomic E-state index is 0.0240. The summed E-state index contributed by atoms with van der Waals surface area (Å²) in [6.07, 6.45) is 3.44. The molecule has 1 fully saturated rings. The van der Waals surface area contributed by atoms with Crippen LogP contribution in [0.1, 0.15) is 67.7 Å². The summed E-state index contributed by atoms with van der Waals surface area (Å²) in [4.78, 5) is 10.3. The topological polar surface area (TPSA) is 25.1 Å². The molecule has 0 aromatic carbocycles. The van der Waals surface area contributed by atoms with Gasteiger partial charge in [-0.15, -0.1) is 0 Å². The first-order valence-corrected chi connectivity index (χ1v) is 6.40. The second-order valence-electron chi connectivity index (χ2n) is 7.72. The molecule has 1 aliphatic heterocycles. The van der Waals surface area contributed by atoms with Crippen LogP contribution in [0.15, 0.2) is 0 Å². The van der Waals surface area contributed by atoms with Crippen LogP contribution < -0.4 is 0 Å². The van der Waals surface area contributed by atoms with Crippen LogP contribution in [0.3, 0.4) is 0 Å². The van der Waals surface area contributed by atoms with Crippen molar-refractivity contribution in [3.63, 3.8) is 0 Å². The molecule has 0 aromatic heterocycles. The van der Waals surface area contributed by atoms with Crippen LogP contribution in [0.5, 0.6) is 0 Å². The Labute approximate surface area is 101 Å². The molecule has 2 nitrogen and oxygen atoms in total. The van der Waals surface area contributed by atoms with Gasteiger partial charge in [0.05, 0.1) is 0 Å². The summed E-state index contributed by atoms with van der Waals surface area (Å²) in [5.41, 5.74) is 0.809. The third-order valence-electron chi connectivity index (χ3n) is 3.16. The van der Waals surface area contributed by atoms with Crippen LogP contribution in [-0.2, 0) is 9.78 Å². The molecule has 0 amide bonds. The van der Waals surface area contributed by atoms with Crippen LogP contribution in [0, 0.1) is 16.2 Å². The molecule has 1 saturated heterocycles. The van der Waals surface area contributed by atoms with Crippen molar-refractivity contribution < 1.29 is 9.78 Å². The highest BCUT2D eigenvalue weighted by molar-refractivity contribution is 4.91. The molecule has 1 heterocycles. The predicted molar refractivity (Wildman–Crippen MR) is 66.8 cm³/mol. The fourth-order valence-corrected chi connectivity index (χ4v) is 2.99. The lowest BCUT2D eigenvalue weighted by Gasteiger charge is -2.39. The van der Waals surface area contributed by atoms with E-state index in [0.29, 0.717) is 10.8 Å². The Morgan fingerprint density at radius 3 is 1.38 bits per heavy atom. The van der Waals surface area contributed by atoms with Gasteiger partial charge in [-0.2, -0.15) is 9.78 Å². The summed E-state index contributed by atoms with van der Waals surface area (Å²) in [5.74, 6) is 0. The first-order chi connectivity index (χ1) is 7.08. The van der Waals surface area contributed by atoms with E-state index in [0.717, 1.165) is 19.3 Å². The second-order valence-corrected chi connectivity index (χ2v) is 7.72. The molecule has 2 heteroatoms. The molecule has 0 saturated carbocycles. The average molecular weight is 228 g/mol. The van der Waals surface area contributed by atoms with Gasteiger partial charge in [-0.3, -0.25) is 0 Å². The number of hydrogen-bond donors (Lipinski definition) is 0. The molecule has 16 heavy (non-hydrogen) atoms. The van der Waals surface area contributed by atoms with E-state index in [1.807, 2.05) is 0 Å². The predicted octanol–water partition coefficient (Wildman–Crippen LogP) is 4.54. The van der Waals surface area contributed by atoms with Gasteiger partial charge in [0, 0.05) is 5.41 Å². The Morgan fingerprint density at radius 2 is 1.19 bits per heavy atom. The van der Waals surface area contributed by atoms with Crippen LogP contribution >= 0.6 is 0 Å². The summed E-state index contributed by atoms with van der Waals surface area (Å²) in [7, 11) is 0. The largest absolute Gasteiger partial charge is 0.230 e. The van der Waals surface area contributed by atoms with E-state index >= 15 is 0 Å². The number of hydrogen-bond acceptors (Lipinski definition) is 2. The summed E-state index contributed by atoms with van der Waals surface area (Å²) in [6.45, 7) is 16.0. The van der Waals surface area contributed by atoms with E-state index in [1.165, 1.54) is 0 Å². The maximum Gasteiger partial charge on any atom is 0.230 e. The van der Waals surface area contributed by atoms with E-state index in [9.17, 15) is 0 Å². The smallest absolute Gasteiger partial charge is 0.198 e. The molecule has 1 rings (SSSR count). The lowest BCUT2D eigenvalue weighted by atomic mass is 9.65. The third-order valence-corrected chi connectivity index (χ3v) is 3.16. The van der Waals surface area contributed by atoms with Gasteiger partial charge < -0.3 is 0 Å². The summed E-state index contributed by atoms with van der Waals surface area (Å²) in [5, 5.41) is 0. The Hall–Kier alpha value is -0.0800. The monoisotopic (exact) mass is 228 g/mol. The van der Waals surface area contributed by atoms with Gasteiger partial charge in [-0.25, -0.2) is 0 Å². The highest BCUT2D eigenvalue weighted by atomic mass is 17.4. The lowest BCUT2D eigenvalue weighted by Crippen LogP contribution is -2.35. The summed E-state index contributed by atoms with van der Waals surface area (Å²) >= 11 is 0. The Kier molecular flexibility index (Phi) is 3.76. The van der Waals surface area contributed by atoms with Gasteiger partial charge in [0.2, 0.25) is 6.29 Å². The van der Waals surface area contributed by atoms with Crippen molar-refractivity contribution in [2.75, 3.05) is 0 Å². The van der Waals surface area contributed by atoms with Gasteiger partial charge in [0.25, 0.3) is 0 Å². The van der Waals surface area contributed by atoms with Crippen molar-refractivity contribution >= 4 is 0 Å². The normalized spacial score (nSPS) is 18.9. The zero-order valence-electron chi connectivity index (χ0n) is 12.0. The molecule has 0 aromatic rings. The Morgan fingerprint density at radius 1 is 0.812 bits per heavy atom. The van der Waals surface area contributed by atoms with Gasteiger partial charge >= 0.3 is 0 Å². The third kappa shape index (κ3) is 4.06. The highest BCUT2D eigenvalue weighted by Crippen LogP contribution is 2.51.